The van der Waals surface area contributed by atoms with Crippen LogP contribution in [0.15, 0.2) is 12.1 Å². The average Bonchev–Trinajstić information content (AvgIpc) is 3.30. The van der Waals surface area contributed by atoms with E-state index in [-0.39, 0.29) is 0 Å². The van der Waals surface area contributed by atoms with Crippen molar-refractivity contribution in [2.75, 3.05) is 31.1 Å². The Kier molecular flexibility index (Phi) is 4.27. The molecule has 0 unspecified atom stereocenters. The third-order valence-corrected chi connectivity index (χ3v) is 5.25. The molecule has 0 aromatic carbocycles. The van der Waals surface area contributed by atoms with Gasteiger partial charge in [-0.3, -0.25) is 4.79 Å². The monoisotopic (exact) mass is 329 g/mol. The fraction of sp³-hybridized carbons (Fsp3) is 0.688. The predicted octanol–water partition coefficient (Wildman–Crippen LogP) is 1.14. The average molecular weight is 329 g/mol. The van der Waals surface area contributed by atoms with Gasteiger partial charge in [-0.1, -0.05) is 25.7 Å². The molecule has 1 aliphatic heterocycles. The van der Waals surface area contributed by atoms with Gasteiger partial charge < -0.3 is 9.80 Å². The van der Waals surface area contributed by atoms with E-state index in [9.17, 15) is 4.79 Å². The molecule has 0 atom stereocenters. The first-order chi connectivity index (χ1) is 11.8. The van der Waals surface area contributed by atoms with Gasteiger partial charge in [-0.05, 0) is 34.9 Å². The third kappa shape index (κ3) is 3.18. The molecule has 2 aromatic rings. The maximum atomic E-state index is 12.4. The van der Waals surface area contributed by atoms with Crippen molar-refractivity contribution in [3.63, 3.8) is 0 Å². The number of fused-ring (bicyclic) bond motifs is 1. The lowest BCUT2D eigenvalue weighted by Crippen LogP contribution is -2.49. The summed E-state index contributed by atoms with van der Waals surface area (Å²) in [5.74, 6) is 1.95. The Balaban J connectivity index is 1.30. The highest BCUT2D eigenvalue weighted by molar-refractivity contribution is 5.76. The second-order valence-electron chi connectivity index (χ2n) is 6.78. The molecule has 4 rings (SSSR count). The zero-order valence-corrected chi connectivity index (χ0v) is 13.8. The van der Waals surface area contributed by atoms with Gasteiger partial charge in [-0.25, -0.2) is 0 Å². The summed E-state index contributed by atoms with van der Waals surface area (Å²) in [5.41, 5.74) is 0.638. The minimum Gasteiger partial charge on any atom is -0.352 e. The lowest BCUT2D eigenvalue weighted by atomic mass is 10.0. The van der Waals surface area contributed by atoms with Crippen LogP contribution in [0.2, 0.25) is 0 Å². The minimum absolute atomic E-state index is 0.311. The number of piperazine rings is 1. The highest BCUT2D eigenvalue weighted by Gasteiger charge is 2.23. The summed E-state index contributed by atoms with van der Waals surface area (Å²) in [6.07, 6.45) is 7.08. The van der Waals surface area contributed by atoms with Crippen molar-refractivity contribution in [1.82, 2.24) is 30.2 Å². The molecule has 1 aliphatic carbocycles. The van der Waals surface area contributed by atoms with Crippen LogP contribution in [0, 0.1) is 5.92 Å². The van der Waals surface area contributed by atoms with Crippen LogP contribution < -0.4 is 4.90 Å². The van der Waals surface area contributed by atoms with Crippen LogP contribution in [0.4, 0.5) is 5.82 Å². The van der Waals surface area contributed by atoms with Crippen LogP contribution >= 0.6 is 0 Å². The first-order valence-electron chi connectivity index (χ1n) is 8.88. The quantitative estimate of drug-likeness (QED) is 0.837. The zero-order chi connectivity index (χ0) is 16.4. The normalized spacial score (nSPS) is 19.3. The van der Waals surface area contributed by atoms with Crippen molar-refractivity contribution in [1.29, 1.82) is 0 Å². The molecule has 8 heteroatoms. The van der Waals surface area contributed by atoms with E-state index in [1.807, 2.05) is 17.0 Å². The van der Waals surface area contributed by atoms with E-state index < -0.39 is 0 Å². The number of hydrogen-bond donors (Lipinski definition) is 0. The molecule has 0 bridgehead atoms. The van der Waals surface area contributed by atoms with Crippen molar-refractivity contribution in [3.05, 3.63) is 12.1 Å². The number of aromatic nitrogens is 5. The number of nitrogens with zero attached hydrogens (tertiary/aromatic N) is 7. The van der Waals surface area contributed by atoms with E-state index >= 15 is 0 Å². The molecule has 2 aromatic heterocycles. The second-order valence-corrected chi connectivity index (χ2v) is 6.78. The largest absolute Gasteiger partial charge is 0.352 e. The molecule has 0 radical (unpaired) electrons. The first-order valence-corrected chi connectivity index (χ1v) is 8.88. The molecule has 2 fully saturated rings. The molecular weight excluding hydrogens is 306 g/mol. The Morgan fingerprint density at radius 2 is 1.92 bits per heavy atom. The second kappa shape index (κ2) is 6.70. The van der Waals surface area contributed by atoms with Crippen molar-refractivity contribution in [2.24, 2.45) is 5.92 Å². The number of rotatable bonds is 4. The van der Waals surface area contributed by atoms with Crippen LogP contribution in [0.25, 0.3) is 5.65 Å². The van der Waals surface area contributed by atoms with Gasteiger partial charge in [0.1, 0.15) is 0 Å². The fourth-order valence-electron chi connectivity index (χ4n) is 3.78. The van der Waals surface area contributed by atoms with Gasteiger partial charge in [0.25, 0.3) is 0 Å². The van der Waals surface area contributed by atoms with Gasteiger partial charge >= 0.3 is 0 Å². The Labute approximate surface area is 140 Å². The van der Waals surface area contributed by atoms with Crippen LogP contribution in [0.1, 0.15) is 38.5 Å². The van der Waals surface area contributed by atoms with Crippen LogP contribution in [0.3, 0.4) is 0 Å². The first kappa shape index (κ1) is 15.3. The number of carbonyl (C=O) groups is 1. The molecule has 1 saturated carbocycles. The lowest BCUT2D eigenvalue weighted by Gasteiger charge is -2.35. The molecule has 128 valence electrons. The van der Waals surface area contributed by atoms with Crippen molar-refractivity contribution in [3.8, 4) is 0 Å². The summed E-state index contributed by atoms with van der Waals surface area (Å²) in [7, 11) is 0. The van der Waals surface area contributed by atoms with E-state index in [1.54, 1.807) is 0 Å². The minimum atomic E-state index is 0.311. The highest BCUT2D eigenvalue weighted by Crippen LogP contribution is 2.28. The Hall–Kier alpha value is -2.25. The summed E-state index contributed by atoms with van der Waals surface area (Å²) < 4.78 is 1.44. The number of amides is 1. The van der Waals surface area contributed by atoms with Gasteiger partial charge in [0, 0.05) is 32.6 Å². The van der Waals surface area contributed by atoms with Crippen molar-refractivity contribution in [2.45, 2.75) is 38.5 Å². The summed E-state index contributed by atoms with van der Waals surface area (Å²) in [4.78, 5) is 16.6. The number of tetrazole rings is 1. The number of anilines is 1. The molecule has 8 nitrogen and oxygen atoms in total. The zero-order valence-electron chi connectivity index (χ0n) is 13.8. The summed E-state index contributed by atoms with van der Waals surface area (Å²) in [5, 5.41) is 15.7. The predicted molar refractivity (Wildman–Crippen MR) is 88.6 cm³/mol. The number of carbonyl (C=O) groups excluding carboxylic acids is 1. The molecule has 1 saturated heterocycles. The molecule has 1 amide bonds. The summed E-state index contributed by atoms with van der Waals surface area (Å²) in [6.45, 7) is 3.13. The van der Waals surface area contributed by atoms with Gasteiger partial charge in [0.05, 0.1) is 0 Å². The maximum Gasteiger partial charge on any atom is 0.222 e. The number of hydrogen-bond acceptors (Lipinski definition) is 6. The molecule has 0 spiro atoms. The molecule has 24 heavy (non-hydrogen) atoms. The van der Waals surface area contributed by atoms with E-state index in [0.717, 1.165) is 44.3 Å². The van der Waals surface area contributed by atoms with Crippen LogP contribution in [-0.4, -0.2) is 62.2 Å². The third-order valence-electron chi connectivity index (χ3n) is 5.25. The molecule has 3 heterocycles. The van der Waals surface area contributed by atoms with Gasteiger partial charge in [-0.15, -0.1) is 14.8 Å². The van der Waals surface area contributed by atoms with E-state index in [1.165, 1.54) is 30.3 Å². The topological polar surface area (TPSA) is 79.5 Å². The van der Waals surface area contributed by atoms with Crippen molar-refractivity contribution < 1.29 is 4.79 Å². The van der Waals surface area contributed by atoms with Crippen molar-refractivity contribution >= 4 is 17.4 Å². The van der Waals surface area contributed by atoms with Crippen LogP contribution in [-0.2, 0) is 4.79 Å². The Morgan fingerprint density at radius 3 is 2.71 bits per heavy atom. The fourth-order valence-corrected chi connectivity index (χ4v) is 3.78. The standard InChI is InChI=1S/C16H23N7O/c24-16(8-5-13-3-1-2-4-13)22-11-9-21(10-12-22)15-7-6-14-17-19-20-23(14)18-15/h6-7,13H,1-5,8-12H2. The highest BCUT2D eigenvalue weighted by atomic mass is 16.2. The van der Waals surface area contributed by atoms with E-state index in [2.05, 4.69) is 25.5 Å². The summed E-state index contributed by atoms with van der Waals surface area (Å²) >= 11 is 0. The molecular formula is C16H23N7O. The lowest BCUT2D eigenvalue weighted by molar-refractivity contribution is -0.131. The Morgan fingerprint density at radius 1 is 1.12 bits per heavy atom. The maximum absolute atomic E-state index is 12.4. The Bertz CT molecular complexity index is 701. The van der Waals surface area contributed by atoms with Gasteiger partial charge in [0.2, 0.25) is 5.91 Å². The van der Waals surface area contributed by atoms with E-state index in [4.69, 9.17) is 0 Å². The van der Waals surface area contributed by atoms with Gasteiger partial charge in [-0.2, -0.15) is 0 Å². The van der Waals surface area contributed by atoms with Crippen LogP contribution in [0.5, 0.6) is 0 Å². The SMILES string of the molecule is O=C(CCC1CCCC1)N1CCN(c2ccc3nnnn3n2)CC1. The smallest absolute Gasteiger partial charge is 0.222 e. The van der Waals surface area contributed by atoms with E-state index in [0.29, 0.717) is 18.0 Å². The summed E-state index contributed by atoms with van der Waals surface area (Å²) in [6, 6.07) is 3.80. The van der Waals surface area contributed by atoms with Gasteiger partial charge in [0.15, 0.2) is 11.5 Å². The molecule has 0 N–H and O–H groups in total. The molecule has 2 aliphatic rings.